The molecule has 0 atom stereocenters. The van der Waals surface area contributed by atoms with E-state index >= 15 is 0 Å². The summed E-state index contributed by atoms with van der Waals surface area (Å²) in [5.41, 5.74) is 0.740. The van der Waals surface area contributed by atoms with Gasteiger partial charge in [-0.3, -0.25) is 10.1 Å². The lowest BCUT2D eigenvalue weighted by Gasteiger charge is -2.06. The van der Waals surface area contributed by atoms with Gasteiger partial charge in [-0.25, -0.2) is 4.79 Å². The molecule has 1 aromatic heterocycles. The van der Waals surface area contributed by atoms with Crippen molar-refractivity contribution >= 4 is 11.9 Å². The minimum Gasteiger partial charge on any atom is -0.484 e. The van der Waals surface area contributed by atoms with Gasteiger partial charge in [0.25, 0.3) is 5.91 Å². The number of amides is 3. The standard InChI is InChI=1S/C12H12N4O4/c1-13-12(18)15-10(17)6-19-9-4-2-8(3-5-9)11-16-14-7-20-11/h2-5,7H,6H2,1H3,(H2,13,15,17,18). The smallest absolute Gasteiger partial charge is 0.321 e. The third kappa shape index (κ3) is 3.55. The molecule has 0 fully saturated rings. The summed E-state index contributed by atoms with van der Waals surface area (Å²) < 4.78 is 10.3. The molecular weight excluding hydrogens is 264 g/mol. The highest BCUT2D eigenvalue weighted by Gasteiger charge is 2.07. The second kappa shape index (κ2) is 6.32. The van der Waals surface area contributed by atoms with Crippen LogP contribution >= 0.6 is 0 Å². The van der Waals surface area contributed by atoms with E-state index in [1.807, 2.05) is 0 Å². The van der Waals surface area contributed by atoms with Crippen LogP contribution in [0, 0.1) is 0 Å². The van der Waals surface area contributed by atoms with E-state index in [1.54, 1.807) is 24.3 Å². The number of aromatic nitrogens is 2. The summed E-state index contributed by atoms with van der Waals surface area (Å²) >= 11 is 0. The van der Waals surface area contributed by atoms with Crippen molar-refractivity contribution < 1.29 is 18.7 Å². The number of imide groups is 1. The highest BCUT2D eigenvalue weighted by Crippen LogP contribution is 2.19. The van der Waals surface area contributed by atoms with Gasteiger partial charge < -0.3 is 14.5 Å². The molecule has 0 unspecified atom stereocenters. The zero-order valence-corrected chi connectivity index (χ0v) is 10.6. The summed E-state index contributed by atoms with van der Waals surface area (Å²) in [7, 11) is 1.42. The van der Waals surface area contributed by atoms with Crippen LogP contribution < -0.4 is 15.4 Å². The first-order valence-electron chi connectivity index (χ1n) is 5.70. The van der Waals surface area contributed by atoms with Crippen LogP contribution in [0.15, 0.2) is 35.1 Å². The molecule has 2 rings (SSSR count). The molecule has 0 aliphatic carbocycles. The van der Waals surface area contributed by atoms with Crippen LogP contribution in [-0.2, 0) is 4.79 Å². The van der Waals surface area contributed by atoms with Crippen molar-refractivity contribution in [3.63, 3.8) is 0 Å². The zero-order chi connectivity index (χ0) is 14.4. The van der Waals surface area contributed by atoms with E-state index in [0.29, 0.717) is 11.6 Å². The quantitative estimate of drug-likeness (QED) is 0.845. The molecular formula is C12H12N4O4. The van der Waals surface area contributed by atoms with Crippen molar-refractivity contribution in [3.8, 4) is 17.2 Å². The molecule has 0 aliphatic rings. The molecule has 0 aliphatic heterocycles. The first-order chi connectivity index (χ1) is 9.69. The fraction of sp³-hybridized carbons (Fsp3) is 0.167. The van der Waals surface area contributed by atoms with Gasteiger partial charge in [-0.2, -0.15) is 0 Å². The average Bonchev–Trinajstić information content (AvgIpc) is 2.99. The molecule has 0 saturated carbocycles. The number of carbonyl (C=O) groups excluding carboxylic acids is 2. The minimum absolute atomic E-state index is 0.257. The summed E-state index contributed by atoms with van der Waals surface area (Å²) in [6, 6.07) is 6.18. The maximum Gasteiger partial charge on any atom is 0.321 e. The Balaban J connectivity index is 1.88. The second-order valence-corrected chi connectivity index (χ2v) is 3.68. The summed E-state index contributed by atoms with van der Waals surface area (Å²) in [4.78, 5) is 22.2. The maximum absolute atomic E-state index is 11.3. The van der Waals surface area contributed by atoms with Gasteiger partial charge in [0.2, 0.25) is 12.3 Å². The molecule has 1 aromatic carbocycles. The van der Waals surface area contributed by atoms with E-state index in [2.05, 4.69) is 20.8 Å². The average molecular weight is 276 g/mol. The predicted octanol–water partition coefficient (Wildman–Crippen LogP) is 0.571. The topological polar surface area (TPSA) is 106 Å². The van der Waals surface area contributed by atoms with Gasteiger partial charge in [-0.1, -0.05) is 0 Å². The third-order valence-corrected chi connectivity index (χ3v) is 2.31. The van der Waals surface area contributed by atoms with Gasteiger partial charge in [-0.05, 0) is 24.3 Å². The lowest BCUT2D eigenvalue weighted by molar-refractivity contribution is -0.122. The molecule has 0 saturated heterocycles. The number of nitrogens with one attached hydrogen (secondary N) is 2. The van der Waals surface area contributed by atoms with Crippen molar-refractivity contribution in [2.75, 3.05) is 13.7 Å². The van der Waals surface area contributed by atoms with Gasteiger partial charge >= 0.3 is 6.03 Å². The van der Waals surface area contributed by atoms with E-state index in [9.17, 15) is 9.59 Å². The number of hydrogen-bond donors (Lipinski definition) is 2. The predicted molar refractivity (Wildman–Crippen MR) is 67.8 cm³/mol. The van der Waals surface area contributed by atoms with Crippen molar-refractivity contribution in [3.05, 3.63) is 30.7 Å². The van der Waals surface area contributed by atoms with Gasteiger partial charge in [0.1, 0.15) is 5.75 Å². The van der Waals surface area contributed by atoms with E-state index in [1.165, 1.54) is 13.4 Å². The van der Waals surface area contributed by atoms with Crippen LogP contribution in [0.1, 0.15) is 0 Å². The Morgan fingerprint density at radius 1 is 1.30 bits per heavy atom. The van der Waals surface area contributed by atoms with Crippen molar-refractivity contribution in [1.29, 1.82) is 0 Å². The molecule has 8 nitrogen and oxygen atoms in total. The number of hydrogen-bond acceptors (Lipinski definition) is 6. The summed E-state index contributed by atoms with van der Waals surface area (Å²) in [5.74, 6) is 0.347. The fourth-order valence-corrected chi connectivity index (χ4v) is 1.37. The number of urea groups is 1. The molecule has 0 radical (unpaired) electrons. The van der Waals surface area contributed by atoms with Crippen LogP contribution in [0.4, 0.5) is 4.79 Å². The Labute approximate surface area is 114 Å². The number of nitrogens with zero attached hydrogens (tertiary/aromatic N) is 2. The Bertz CT molecular complexity index is 580. The van der Waals surface area contributed by atoms with E-state index in [-0.39, 0.29) is 6.61 Å². The van der Waals surface area contributed by atoms with Crippen LogP contribution in [0.3, 0.4) is 0 Å². The molecule has 20 heavy (non-hydrogen) atoms. The van der Waals surface area contributed by atoms with E-state index in [4.69, 9.17) is 9.15 Å². The Morgan fingerprint density at radius 2 is 2.05 bits per heavy atom. The number of benzene rings is 1. The van der Waals surface area contributed by atoms with Crippen LogP contribution in [0.2, 0.25) is 0 Å². The molecule has 0 bridgehead atoms. The molecule has 3 amide bonds. The lowest BCUT2D eigenvalue weighted by Crippen LogP contribution is -2.39. The summed E-state index contributed by atoms with van der Waals surface area (Å²) in [6.07, 6.45) is 1.24. The molecule has 1 heterocycles. The lowest BCUT2D eigenvalue weighted by atomic mass is 10.2. The molecule has 0 spiro atoms. The van der Waals surface area contributed by atoms with E-state index < -0.39 is 11.9 Å². The second-order valence-electron chi connectivity index (χ2n) is 3.68. The van der Waals surface area contributed by atoms with Crippen molar-refractivity contribution in [1.82, 2.24) is 20.8 Å². The highest BCUT2D eigenvalue weighted by molar-refractivity contribution is 5.94. The van der Waals surface area contributed by atoms with Crippen molar-refractivity contribution in [2.24, 2.45) is 0 Å². The fourth-order valence-electron chi connectivity index (χ4n) is 1.37. The maximum atomic E-state index is 11.3. The number of rotatable bonds is 4. The Hall–Kier alpha value is -2.90. The normalized spacial score (nSPS) is 9.85. The third-order valence-electron chi connectivity index (χ3n) is 2.31. The minimum atomic E-state index is -0.578. The largest absolute Gasteiger partial charge is 0.484 e. The zero-order valence-electron chi connectivity index (χ0n) is 10.6. The summed E-state index contributed by atoms with van der Waals surface area (Å²) in [6.45, 7) is -0.257. The van der Waals surface area contributed by atoms with Gasteiger partial charge in [0.15, 0.2) is 6.61 Å². The molecule has 2 aromatic rings. The first-order valence-corrected chi connectivity index (χ1v) is 5.70. The van der Waals surface area contributed by atoms with Gasteiger partial charge in [-0.15, -0.1) is 10.2 Å². The molecule has 2 N–H and O–H groups in total. The Kier molecular flexibility index (Phi) is 4.28. The SMILES string of the molecule is CNC(=O)NC(=O)COc1ccc(-c2nnco2)cc1. The first kappa shape index (κ1) is 13.5. The van der Waals surface area contributed by atoms with E-state index in [0.717, 1.165) is 5.56 Å². The summed E-state index contributed by atoms with van der Waals surface area (Å²) in [5, 5.41) is 11.7. The van der Waals surface area contributed by atoms with Crippen LogP contribution in [-0.4, -0.2) is 35.8 Å². The van der Waals surface area contributed by atoms with Gasteiger partial charge in [0, 0.05) is 12.6 Å². The highest BCUT2D eigenvalue weighted by atomic mass is 16.5. The van der Waals surface area contributed by atoms with Gasteiger partial charge in [0.05, 0.1) is 0 Å². The van der Waals surface area contributed by atoms with Crippen molar-refractivity contribution in [2.45, 2.75) is 0 Å². The van der Waals surface area contributed by atoms with Crippen LogP contribution in [0.25, 0.3) is 11.5 Å². The molecule has 104 valence electrons. The molecule has 8 heteroatoms. The number of carbonyl (C=O) groups is 2. The Morgan fingerprint density at radius 3 is 2.65 bits per heavy atom. The van der Waals surface area contributed by atoms with Crippen LogP contribution in [0.5, 0.6) is 5.75 Å². The number of ether oxygens (including phenoxy) is 1. The monoisotopic (exact) mass is 276 g/mol.